The van der Waals surface area contributed by atoms with Crippen LogP contribution in [0.4, 0.5) is 11.4 Å². The summed E-state index contributed by atoms with van der Waals surface area (Å²) < 4.78 is 36.0. The van der Waals surface area contributed by atoms with E-state index in [1.165, 1.54) is 14.2 Å². The largest absolute Gasteiger partial charge is 0.497 e. The Morgan fingerprint density at radius 1 is 1.00 bits per heavy atom. The van der Waals surface area contributed by atoms with Gasteiger partial charge in [0.05, 0.1) is 26.2 Å². The van der Waals surface area contributed by atoms with Gasteiger partial charge in [-0.3, -0.25) is 14.3 Å². The predicted molar refractivity (Wildman–Crippen MR) is 126 cm³/mol. The van der Waals surface area contributed by atoms with E-state index >= 15 is 0 Å². The first-order valence-corrected chi connectivity index (χ1v) is 12.4. The molecule has 0 bridgehead atoms. The molecular weight excluding hydrogens is 446 g/mol. The molecule has 0 atom stereocenters. The number of amides is 2. The molecule has 3 rings (SSSR count). The second-order valence-corrected chi connectivity index (χ2v) is 9.81. The van der Waals surface area contributed by atoms with Crippen LogP contribution in [-0.4, -0.2) is 58.7 Å². The number of benzene rings is 2. The number of piperidine rings is 1. The zero-order valence-corrected chi connectivity index (χ0v) is 20.0. The molecule has 0 spiro atoms. The quantitative estimate of drug-likeness (QED) is 0.637. The second-order valence-electron chi connectivity index (χ2n) is 8.06. The summed E-state index contributed by atoms with van der Waals surface area (Å²) in [6, 6.07) is 10.1. The van der Waals surface area contributed by atoms with Gasteiger partial charge < -0.3 is 19.7 Å². The Morgan fingerprint density at radius 3 is 2.15 bits per heavy atom. The number of likely N-dealkylation sites (tertiary alicyclic amines) is 1. The van der Waals surface area contributed by atoms with Crippen LogP contribution in [0.2, 0.25) is 0 Å². The van der Waals surface area contributed by atoms with Crippen molar-refractivity contribution in [2.45, 2.75) is 19.8 Å². The maximum atomic E-state index is 12.9. The Morgan fingerprint density at radius 2 is 1.61 bits per heavy atom. The molecule has 1 saturated heterocycles. The molecule has 0 radical (unpaired) electrons. The Balaban J connectivity index is 1.61. The molecule has 33 heavy (non-hydrogen) atoms. The van der Waals surface area contributed by atoms with Gasteiger partial charge in [-0.15, -0.1) is 0 Å². The number of carbonyl (C=O) groups is 2. The van der Waals surface area contributed by atoms with Gasteiger partial charge in [0.25, 0.3) is 5.91 Å². The van der Waals surface area contributed by atoms with Gasteiger partial charge in [-0.05, 0) is 49.6 Å². The molecule has 0 aromatic heterocycles. The summed E-state index contributed by atoms with van der Waals surface area (Å²) in [4.78, 5) is 27.4. The first-order valence-electron chi connectivity index (χ1n) is 10.5. The minimum Gasteiger partial charge on any atom is -0.497 e. The molecule has 10 heteroatoms. The fraction of sp³-hybridized carbons (Fsp3) is 0.391. The smallest absolute Gasteiger partial charge is 0.254 e. The summed E-state index contributed by atoms with van der Waals surface area (Å²) in [5, 5.41) is 2.86. The van der Waals surface area contributed by atoms with Crippen LogP contribution in [0.15, 0.2) is 36.4 Å². The maximum Gasteiger partial charge on any atom is 0.254 e. The lowest BCUT2D eigenvalue weighted by Crippen LogP contribution is -2.41. The van der Waals surface area contributed by atoms with E-state index < -0.39 is 10.0 Å². The van der Waals surface area contributed by atoms with E-state index in [4.69, 9.17) is 9.47 Å². The van der Waals surface area contributed by atoms with Gasteiger partial charge in [0.1, 0.15) is 11.5 Å². The molecule has 2 aromatic carbocycles. The van der Waals surface area contributed by atoms with E-state index in [-0.39, 0.29) is 17.7 Å². The first kappa shape index (κ1) is 24.4. The van der Waals surface area contributed by atoms with Gasteiger partial charge >= 0.3 is 0 Å². The highest BCUT2D eigenvalue weighted by Gasteiger charge is 2.28. The van der Waals surface area contributed by atoms with E-state index in [1.54, 1.807) is 48.2 Å². The number of aryl methyl sites for hydroxylation is 1. The van der Waals surface area contributed by atoms with Crippen molar-refractivity contribution in [1.82, 2.24) is 4.90 Å². The monoisotopic (exact) mass is 475 g/mol. The number of sulfonamides is 1. The van der Waals surface area contributed by atoms with Gasteiger partial charge in [-0.2, -0.15) is 0 Å². The van der Waals surface area contributed by atoms with Crippen molar-refractivity contribution >= 4 is 33.2 Å². The van der Waals surface area contributed by atoms with Crippen molar-refractivity contribution in [2.24, 2.45) is 5.92 Å². The van der Waals surface area contributed by atoms with Gasteiger partial charge in [0.2, 0.25) is 15.9 Å². The Bertz CT molecular complexity index is 1120. The van der Waals surface area contributed by atoms with Crippen molar-refractivity contribution in [3.05, 3.63) is 47.5 Å². The van der Waals surface area contributed by atoms with Crippen molar-refractivity contribution in [3.8, 4) is 11.5 Å². The summed E-state index contributed by atoms with van der Waals surface area (Å²) in [6.45, 7) is 2.68. The Hall–Kier alpha value is -3.27. The summed E-state index contributed by atoms with van der Waals surface area (Å²) in [6.07, 6.45) is 2.13. The molecule has 0 saturated carbocycles. The summed E-state index contributed by atoms with van der Waals surface area (Å²) in [5.41, 5.74) is 2.15. The van der Waals surface area contributed by atoms with Crippen LogP contribution >= 0.6 is 0 Å². The molecule has 2 aromatic rings. The predicted octanol–water partition coefficient (Wildman–Crippen LogP) is 2.87. The van der Waals surface area contributed by atoms with E-state index in [0.717, 1.165) is 11.8 Å². The minimum atomic E-state index is -3.43. The molecule has 2 N–H and O–H groups in total. The molecule has 1 heterocycles. The SMILES string of the molecule is COc1cc(OC)cc(C(=O)N2CCC(C(=O)Nc3ccc(C)c(NS(C)(=O)=O)c3)CC2)c1. The number of nitrogens with zero attached hydrogens (tertiary/aromatic N) is 1. The second kappa shape index (κ2) is 10.1. The third-order valence-corrected chi connectivity index (χ3v) is 6.14. The zero-order valence-electron chi connectivity index (χ0n) is 19.2. The van der Waals surface area contributed by atoms with Crippen LogP contribution in [0.1, 0.15) is 28.8 Å². The number of rotatable bonds is 7. The van der Waals surface area contributed by atoms with Gasteiger partial charge in [-0.1, -0.05) is 6.07 Å². The highest BCUT2D eigenvalue weighted by atomic mass is 32.2. The van der Waals surface area contributed by atoms with E-state index in [2.05, 4.69) is 10.0 Å². The molecular formula is C23H29N3O6S. The average molecular weight is 476 g/mol. The standard InChI is InChI=1S/C23H29N3O6S/c1-15-5-6-18(13-21(15)25-33(4,29)30)24-22(27)16-7-9-26(10-8-16)23(28)17-11-19(31-2)14-20(12-17)32-3/h5-6,11-14,16,25H,7-10H2,1-4H3,(H,24,27). The summed E-state index contributed by atoms with van der Waals surface area (Å²) >= 11 is 0. The lowest BCUT2D eigenvalue weighted by atomic mass is 9.95. The first-order chi connectivity index (χ1) is 15.6. The maximum absolute atomic E-state index is 12.9. The average Bonchev–Trinajstić information content (AvgIpc) is 2.79. The molecule has 1 fully saturated rings. The normalized spacial score (nSPS) is 14.5. The van der Waals surface area contributed by atoms with E-state index in [9.17, 15) is 18.0 Å². The molecule has 9 nitrogen and oxygen atoms in total. The topological polar surface area (TPSA) is 114 Å². The Kier molecular flexibility index (Phi) is 7.47. The van der Waals surface area contributed by atoms with Crippen LogP contribution in [0, 0.1) is 12.8 Å². The van der Waals surface area contributed by atoms with Gasteiger partial charge in [-0.25, -0.2) is 8.42 Å². The van der Waals surface area contributed by atoms with Crippen LogP contribution < -0.4 is 19.5 Å². The fourth-order valence-corrected chi connectivity index (χ4v) is 4.33. The summed E-state index contributed by atoms with van der Waals surface area (Å²) in [5.74, 6) is 0.534. The Labute approximate surface area is 194 Å². The van der Waals surface area contributed by atoms with E-state index in [0.29, 0.717) is 54.4 Å². The summed E-state index contributed by atoms with van der Waals surface area (Å²) in [7, 11) is -0.369. The van der Waals surface area contributed by atoms with Crippen molar-refractivity contribution in [2.75, 3.05) is 43.6 Å². The number of anilines is 2. The lowest BCUT2D eigenvalue weighted by molar-refractivity contribution is -0.121. The van der Waals surface area contributed by atoms with Crippen LogP contribution in [0.5, 0.6) is 11.5 Å². The molecule has 1 aliphatic heterocycles. The number of carbonyl (C=O) groups excluding carboxylic acids is 2. The number of ether oxygens (including phenoxy) is 2. The van der Waals surface area contributed by atoms with Gasteiger partial charge in [0.15, 0.2) is 0 Å². The van der Waals surface area contributed by atoms with Crippen LogP contribution in [0.3, 0.4) is 0 Å². The number of nitrogens with one attached hydrogen (secondary N) is 2. The number of methoxy groups -OCH3 is 2. The molecule has 1 aliphatic rings. The third-order valence-electron chi connectivity index (χ3n) is 5.55. The minimum absolute atomic E-state index is 0.138. The highest BCUT2D eigenvalue weighted by Crippen LogP contribution is 2.27. The highest BCUT2D eigenvalue weighted by molar-refractivity contribution is 7.92. The van der Waals surface area contributed by atoms with Crippen LogP contribution in [0.25, 0.3) is 0 Å². The van der Waals surface area contributed by atoms with Crippen molar-refractivity contribution < 1.29 is 27.5 Å². The molecule has 0 unspecified atom stereocenters. The molecule has 0 aliphatic carbocycles. The number of hydrogen-bond acceptors (Lipinski definition) is 6. The van der Waals surface area contributed by atoms with Gasteiger partial charge in [0, 0.05) is 36.3 Å². The van der Waals surface area contributed by atoms with Crippen LogP contribution in [-0.2, 0) is 14.8 Å². The van der Waals surface area contributed by atoms with E-state index in [1.807, 2.05) is 0 Å². The molecule has 2 amide bonds. The third kappa shape index (κ3) is 6.38. The number of hydrogen-bond donors (Lipinski definition) is 2. The fourth-order valence-electron chi connectivity index (χ4n) is 3.71. The lowest BCUT2D eigenvalue weighted by Gasteiger charge is -2.31. The zero-order chi connectivity index (χ0) is 24.2. The van der Waals surface area contributed by atoms with Crippen molar-refractivity contribution in [1.29, 1.82) is 0 Å². The molecule has 178 valence electrons. The van der Waals surface area contributed by atoms with Crippen molar-refractivity contribution in [3.63, 3.8) is 0 Å².